The first kappa shape index (κ1) is 16.7. The Bertz CT molecular complexity index is 650. The number of amides is 1. The summed E-state index contributed by atoms with van der Waals surface area (Å²) in [6.07, 6.45) is 3.04. The van der Waals surface area contributed by atoms with Crippen LogP contribution in [0.25, 0.3) is 0 Å². The standard InChI is InChI=1S/C18H22FN3O2/c19-14-3-1-2-13(10-14)18(12-20)7-4-16(5-8-18)22-9-6-15(11-22)21-17(23)24/h1-3,10,15-16,21H,4-9,11H2,(H,23,24)/t15-,16?,18?/m1/s1. The van der Waals surface area contributed by atoms with Crippen molar-refractivity contribution in [3.8, 4) is 6.07 Å². The molecule has 0 bridgehead atoms. The fraction of sp³-hybridized carbons (Fsp3) is 0.556. The first-order valence-corrected chi connectivity index (χ1v) is 8.43. The van der Waals surface area contributed by atoms with E-state index in [1.54, 1.807) is 6.07 Å². The molecule has 6 heteroatoms. The minimum atomic E-state index is -0.972. The Morgan fingerprint density at radius 2 is 2.12 bits per heavy atom. The molecule has 3 rings (SSSR count). The van der Waals surface area contributed by atoms with E-state index in [1.165, 1.54) is 12.1 Å². The van der Waals surface area contributed by atoms with Gasteiger partial charge in [-0.05, 0) is 49.8 Å². The Kier molecular flexibility index (Phi) is 4.72. The average molecular weight is 331 g/mol. The van der Waals surface area contributed by atoms with Gasteiger partial charge in [-0.1, -0.05) is 12.1 Å². The third-order valence-electron chi connectivity index (χ3n) is 5.46. The summed E-state index contributed by atoms with van der Waals surface area (Å²) in [4.78, 5) is 13.1. The van der Waals surface area contributed by atoms with Crippen molar-refractivity contribution in [2.45, 2.75) is 49.6 Å². The van der Waals surface area contributed by atoms with Gasteiger partial charge in [0.2, 0.25) is 0 Å². The highest BCUT2D eigenvalue weighted by atomic mass is 19.1. The molecular weight excluding hydrogens is 309 g/mol. The summed E-state index contributed by atoms with van der Waals surface area (Å²) in [5.41, 5.74) is 0.173. The highest BCUT2D eigenvalue weighted by molar-refractivity contribution is 5.64. The maximum absolute atomic E-state index is 13.5. The van der Waals surface area contributed by atoms with Crippen molar-refractivity contribution in [1.82, 2.24) is 10.2 Å². The smallest absolute Gasteiger partial charge is 0.404 e. The van der Waals surface area contributed by atoms with Gasteiger partial charge in [0.05, 0.1) is 11.5 Å². The molecule has 5 nitrogen and oxygen atoms in total. The molecule has 1 saturated carbocycles. The van der Waals surface area contributed by atoms with Gasteiger partial charge >= 0.3 is 6.09 Å². The summed E-state index contributed by atoms with van der Waals surface area (Å²) in [6, 6.07) is 9.19. The van der Waals surface area contributed by atoms with E-state index in [9.17, 15) is 14.4 Å². The lowest BCUT2D eigenvalue weighted by Crippen LogP contribution is -2.43. The molecule has 1 heterocycles. The van der Waals surface area contributed by atoms with E-state index in [0.717, 1.165) is 37.9 Å². The first-order valence-electron chi connectivity index (χ1n) is 8.43. The van der Waals surface area contributed by atoms with Crippen molar-refractivity contribution < 1.29 is 14.3 Å². The number of benzene rings is 1. The van der Waals surface area contributed by atoms with Gasteiger partial charge in [-0.3, -0.25) is 4.90 Å². The van der Waals surface area contributed by atoms with Crippen molar-refractivity contribution in [3.05, 3.63) is 35.6 Å². The van der Waals surface area contributed by atoms with Gasteiger partial charge in [0.1, 0.15) is 5.82 Å². The fourth-order valence-corrected chi connectivity index (χ4v) is 4.12. The lowest BCUT2D eigenvalue weighted by atomic mass is 9.69. The molecule has 1 saturated heterocycles. The highest BCUT2D eigenvalue weighted by Crippen LogP contribution is 2.41. The molecule has 2 N–H and O–H groups in total. The summed E-state index contributed by atoms with van der Waals surface area (Å²) >= 11 is 0. The van der Waals surface area contributed by atoms with Crippen molar-refractivity contribution in [3.63, 3.8) is 0 Å². The Balaban J connectivity index is 1.63. The summed E-state index contributed by atoms with van der Waals surface area (Å²) in [7, 11) is 0. The van der Waals surface area contributed by atoms with Crippen LogP contribution in [0, 0.1) is 17.1 Å². The van der Waals surface area contributed by atoms with Crippen LogP contribution >= 0.6 is 0 Å². The first-order chi connectivity index (χ1) is 11.5. The average Bonchev–Trinajstić information content (AvgIpc) is 3.02. The van der Waals surface area contributed by atoms with Gasteiger partial charge in [0.15, 0.2) is 0 Å². The van der Waals surface area contributed by atoms with Crippen LogP contribution in [-0.2, 0) is 5.41 Å². The van der Waals surface area contributed by atoms with Crippen LogP contribution in [0.5, 0.6) is 0 Å². The molecule has 2 aliphatic rings. The second-order valence-corrected chi connectivity index (χ2v) is 6.87. The van der Waals surface area contributed by atoms with Gasteiger partial charge in [-0.25, -0.2) is 9.18 Å². The number of carbonyl (C=O) groups is 1. The predicted molar refractivity (Wildman–Crippen MR) is 87.1 cm³/mol. The lowest BCUT2D eigenvalue weighted by molar-refractivity contribution is 0.159. The predicted octanol–water partition coefficient (Wildman–Crippen LogP) is 2.87. The summed E-state index contributed by atoms with van der Waals surface area (Å²) in [5, 5.41) is 21.1. The van der Waals surface area contributed by atoms with Gasteiger partial charge in [-0.15, -0.1) is 0 Å². The van der Waals surface area contributed by atoms with Crippen LogP contribution in [0.3, 0.4) is 0 Å². The third-order valence-corrected chi connectivity index (χ3v) is 5.46. The number of nitriles is 1. The molecule has 0 unspecified atom stereocenters. The van der Waals surface area contributed by atoms with E-state index in [1.807, 2.05) is 6.07 Å². The van der Waals surface area contributed by atoms with E-state index >= 15 is 0 Å². The number of likely N-dealkylation sites (tertiary alicyclic amines) is 1. The van der Waals surface area contributed by atoms with Crippen LogP contribution in [0.2, 0.25) is 0 Å². The fourth-order valence-electron chi connectivity index (χ4n) is 4.12. The molecule has 2 fully saturated rings. The molecule has 1 aliphatic carbocycles. The topological polar surface area (TPSA) is 76.4 Å². The summed E-state index contributed by atoms with van der Waals surface area (Å²) < 4.78 is 13.5. The van der Waals surface area contributed by atoms with Gasteiger partial charge < -0.3 is 10.4 Å². The van der Waals surface area contributed by atoms with Crippen LogP contribution in [0.4, 0.5) is 9.18 Å². The van der Waals surface area contributed by atoms with E-state index in [0.29, 0.717) is 18.9 Å². The van der Waals surface area contributed by atoms with Gasteiger partial charge in [0.25, 0.3) is 0 Å². The molecule has 0 spiro atoms. The summed E-state index contributed by atoms with van der Waals surface area (Å²) in [5.74, 6) is -0.300. The van der Waals surface area contributed by atoms with Crippen molar-refractivity contribution in [1.29, 1.82) is 5.26 Å². The normalized spacial score (nSPS) is 30.7. The van der Waals surface area contributed by atoms with Crippen LogP contribution in [0.15, 0.2) is 24.3 Å². The monoisotopic (exact) mass is 331 g/mol. The second-order valence-electron chi connectivity index (χ2n) is 6.87. The number of carboxylic acid groups (broad SMARTS) is 1. The van der Waals surface area contributed by atoms with Crippen LogP contribution < -0.4 is 5.32 Å². The Morgan fingerprint density at radius 1 is 1.38 bits per heavy atom. The van der Waals surface area contributed by atoms with E-state index in [-0.39, 0.29) is 11.9 Å². The zero-order valence-corrected chi connectivity index (χ0v) is 13.5. The Hall–Kier alpha value is -2.13. The Labute approximate surface area is 141 Å². The SMILES string of the molecule is N#CC1(c2cccc(F)c2)CCC(N2CC[C@@H](NC(=O)O)C2)CC1. The molecule has 0 radical (unpaired) electrons. The van der Waals surface area contributed by atoms with Crippen LogP contribution in [-0.4, -0.2) is 41.3 Å². The van der Waals surface area contributed by atoms with Crippen LogP contribution in [0.1, 0.15) is 37.7 Å². The highest BCUT2D eigenvalue weighted by Gasteiger charge is 2.40. The molecule has 24 heavy (non-hydrogen) atoms. The molecule has 1 aromatic carbocycles. The van der Waals surface area contributed by atoms with Gasteiger partial charge in [-0.2, -0.15) is 5.26 Å². The number of rotatable bonds is 3. The molecule has 1 aromatic rings. The third kappa shape index (κ3) is 3.36. The number of halogens is 1. The van der Waals surface area contributed by atoms with E-state index in [4.69, 9.17) is 5.11 Å². The number of hydrogen-bond donors (Lipinski definition) is 2. The quantitative estimate of drug-likeness (QED) is 0.893. The maximum atomic E-state index is 13.5. The molecule has 1 atom stereocenters. The van der Waals surface area contributed by atoms with Gasteiger partial charge in [0, 0.05) is 25.2 Å². The van der Waals surface area contributed by atoms with Crippen molar-refractivity contribution in [2.75, 3.05) is 13.1 Å². The number of nitrogens with one attached hydrogen (secondary N) is 1. The maximum Gasteiger partial charge on any atom is 0.404 e. The molecular formula is C18H22FN3O2. The molecule has 0 aromatic heterocycles. The zero-order valence-electron chi connectivity index (χ0n) is 13.5. The van der Waals surface area contributed by atoms with E-state index < -0.39 is 11.5 Å². The van der Waals surface area contributed by atoms with E-state index in [2.05, 4.69) is 16.3 Å². The number of hydrogen-bond acceptors (Lipinski definition) is 3. The summed E-state index contributed by atoms with van der Waals surface area (Å²) in [6.45, 7) is 1.62. The number of nitrogens with zero attached hydrogens (tertiary/aromatic N) is 2. The molecule has 1 aliphatic heterocycles. The lowest BCUT2D eigenvalue weighted by Gasteiger charge is -2.39. The molecule has 1 amide bonds. The molecule has 128 valence electrons. The minimum Gasteiger partial charge on any atom is -0.465 e. The minimum absolute atomic E-state index is 0.00614. The zero-order chi connectivity index (χ0) is 17.2. The second kappa shape index (κ2) is 6.78. The van der Waals surface area contributed by atoms with Crippen molar-refractivity contribution >= 4 is 6.09 Å². The Morgan fingerprint density at radius 3 is 2.75 bits per heavy atom. The van der Waals surface area contributed by atoms with Crippen molar-refractivity contribution in [2.24, 2.45) is 0 Å². The largest absolute Gasteiger partial charge is 0.465 e.